The summed E-state index contributed by atoms with van der Waals surface area (Å²) in [5.74, 6) is 0. The van der Waals surface area contributed by atoms with Crippen molar-refractivity contribution in [3.05, 3.63) is 23.1 Å². The number of nitrogens with zero attached hydrogens (tertiary/aromatic N) is 3. The van der Waals surface area contributed by atoms with Gasteiger partial charge in [-0.05, 0) is 5.53 Å². The van der Waals surface area contributed by atoms with E-state index in [-0.39, 0.29) is 6.61 Å². The molecule has 1 saturated heterocycles. The highest BCUT2D eigenvalue weighted by Gasteiger charge is 2.51. The summed E-state index contributed by atoms with van der Waals surface area (Å²) in [5.41, 5.74) is 8.43. The second-order valence-electron chi connectivity index (χ2n) is 4.76. The molecule has 5 atom stereocenters. The van der Waals surface area contributed by atoms with Crippen LogP contribution in [0.4, 0.5) is 0 Å². The fraction of sp³-hybridized carbons (Fsp3) is 0.800. The third kappa shape index (κ3) is 7.12. The molecule has 1 aliphatic heterocycles. The van der Waals surface area contributed by atoms with E-state index < -0.39 is 58.0 Å². The van der Waals surface area contributed by atoms with Gasteiger partial charge in [0.2, 0.25) is 0 Å². The molecule has 0 bridgehead atoms. The predicted molar refractivity (Wildman–Crippen MR) is 82.5 cm³/mol. The molecule has 0 amide bonds. The van der Waals surface area contributed by atoms with Crippen LogP contribution < -0.4 is 0 Å². The zero-order valence-corrected chi connectivity index (χ0v) is 14.9. The maximum absolute atomic E-state index is 11.1. The lowest BCUT2D eigenvalue weighted by atomic mass is 9.98. The highest BCUT2D eigenvalue weighted by molar-refractivity contribution is 7.81. The van der Waals surface area contributed by atoms with Gasteiger partial charge in [-0.3, -0.25) is 9.11 Å². The first-order chi connectivity index (χ1) is 12.0. The van der Waals surface area contributed by atoms with Gasteiger partial charge in [0.15, 0.2) is 12.4 Å². The Labute approximate surface area is 149 Å². The number of ether oxygens (including phenoxy) is 3. The van der Waals surface area contributed by atoms with Crippen LogP contribution in [0.15, 0.2) is 17.8 Å². The molecule has 0 aliphatic carbocycles. The third-order valence-corrected chi connectivity index (χ3v) is 3.95. The number of methoxy groups -OCH3 is 1. The fourth-order valence-electron chi connectivity index (χ4n) is 2.20. The molecule has 16 heteroatoms. The van der Waals surface area contributed by atoms with E-state index in [1.54, 1.807) is 0 Å². The first-order valence-electron chi connectivity index (χ1n) is 6.75. The van der Waals surface area contributed by atoms with Crippen LogP contribution in [0.3, 0.4) is 0 Å². The molecule has 0 spiro atoms. The molecule has 1 rings (SSSR count). The van der Waals surface area contributed by atoms with Crippen LogP contribution in [0.25, 0.3) is 10.4 Å². The summed E-state index contributed by atoms with van der Waals surface area (Å²) in [5, 5.41) is 3.22. The van der Waals surface area contributed by atoms with E-state index in [1.807, 2.05) is 0 Å². The molecular weight excluding hydrogens is 402 g/mol. The zero-order valence-electron chi connectivity index (χ0n) is 13.3. The Balaban J connectivity index is 3.34. The van der Waals surface area contributed by atoms with Crippen molar-refractivity contribution < 1.29 is 48.5 Å². The van der Waals surface area contributed by atoms with Gasteiger partial charge < -0.3 is 14.2 Å². The molecule has 0 unspecified atom stereocenters. The molecule has 14 nitrogen and oxygen atoms in total. The Hall–Kier alpha value is -1.33. The molecule has 1 heterocycles. The molecule has 0 saturated carbocycles. The van der Waals surface area contributed by atoms with Gasteiger partial charge in [0.25, 0.3) is 0 Å². The van der Waals surface area contributed by atoms with Gasteiger partial charge >= 0.3 is 20.8 Å². The van der Waals surface area contributed by atoms with Crippen molar-refractivity contribution in [1.82, 2.24) is 0 Å². The number of rotatable bonds is 10. The standard InChI is InChI=1S/C10H17N3O11S2/c1-3-4-21-8-7(23-25(14,15)16)6(5-12-13-11)22-10(20-2)9(8)24-26(17,18)19/h3,6-10H,1,4-5H2,2H3,(H,14,15,16)(H,17,18,19)/t6-,7-,8+,9+,10+/m1/s1. The minimum atomic E-state index is -5.06. The summed E-state index contributed by atoms with van der Waals surface area (Å²) in [7, 11) is -9.00. The van der Waals surface area contributed by atoms with Crippen molar-refractivity contribution in [3.63, 3.8) is 0 Å². The Morgan fingerprint density at radius 1 is 1.19 bits per heavy atom. The summed E-state index contributed by atoms with van der Waals surface area (Å²) >= 11 is 0. The molecule has 0 aromatic carbocycles. The Morgan fingerprint density at radius 2 is 1.77 bits per heavy atom. The van der Waals surface area contributed by atoms with Crippen LogP contribution >= 0.6 is 0 Å². The van der Waals surface area contributed by atoms with Crippen LogP contribution in [0, 0.1) is 0 Å². The molecule has 0 aromatic rings. The lowest BCUT2D eigenvalue weighted by Gasteiger charge is -2.43. The average molecular weight is 419 g/mol. The van der Waals surface area contributed by atoms with Gasteiger partial charge in [-0.1, -0.05) is 11.2 Å². The Kier molecular flexibility index (Phi) is 8.35. The van der Waals surface area contributed by atoms with Gasteiger partial charge in [0.1, 0.15) is 12.2 Å². The molecule has 0 aromatic heterocycles. The van der Waals surface area contributed by atoms with Crippen LogP contribution in [-0.2, 0) is 43.4 Å². The highest BCUT2D eigenvalue weighted by atomic mass is 32.3. The van der Waals surface area contributed by atoms with Crippen molar-refractivity contribution >= 4 is 20.8 Å². The second kappa shape index (κ2) is 9.56. The van der Waals surface area contributed by atoms with Crippen molar-refractivity contribution in [3.8, 4) is 0 Å². The van der Waals surface area contributed by atoms with Gasteiger partial charge in [-0.15, -0.1) is 6.58 Å². The smallest absolute Gasteiger partial charge is 0.368 e. The van der Waals surface area contributed by atoms with Gasteiger partial charge in [-0.2, -0.15) is 16.8 Å². The zero-order chi connectivity index (χ0) is 20.0. The maximum Gasteiger partial charge on any atom is 0.397 e. The van der Waals surface area contributed by atoms with Crippen molar-refractivity contribution in [2.45, 2.75) is 30.7 Å². The summed E-state index contributed by atoms with van der Waals surface area (Å²) in [4.78, 5) is 2.49. The lowest BCUT2D eigenvalue weighted by Crippen LogP contribution is -2.62. The minimum absolute atomic E-state index is 0.230. The van der Waals surface area contributed by atoms with Gasteiger partial charge in [-0.25, -0.2) is 8.37 Å². The van der Waals surface area contributed by atoms with Crippen molar-refractivity contribution in [1.29, 1.82) is 0 Å². The molecule has 2 N–H and O–H groups in total. The Morgan fingerprint density at radius 3 is 2.23 bits per heavy atom. The van der Waals surface area contributed by atoms with E-state index in [2.05, 4.69) is 25.0 Å². The minimum Gasteiger partial charge on any atom is -0.368 e. The maximum atomic E-state index is 11.1. The van der Waals surface area contributed by atoms with E-state index in [0.29, 0.717) is 0 Å². The number of azide groups is 1. The van der Waals surface area contributed by atoms with Crippen molar-refractivity contribution in [2.24, 2.45) is 5.11 Å². The quantitative estimate of drug-likeness (QED) is 0.153. The Bertz CT molecular complexity index is 733. The normalized spacial score (nSPS) is 29.7. The van der Waals surface area contributed by atoms with Crippen LogP contribution in [0.1, 0.15) is 0 Å². The fourth-order valence-corrected chi connectivity index (χ4v) is 3.20. The SMILES string of the molecule is C=CCO[C@@H]1[C@H](OS(=O)(=O)O)[C@@H](OC)O[C@H](CN=[N+]=[N-])[C@H]1OS(=O)(=O)O. The van der Waals surface area contributed by atoms with E-state index in [4.69, 9.17) is 28.8 Å². The van der Waals surface area contributed by atoms with Crippen LogP contribution in [0.2, 0.25) is 0 Å². The summed E-state index contributed by atoms with van der Waals surface area (Å²) in [6, 6.07) is 0. The second-order valence-corrected chi connectivity index (χ2v) is 6.85. The van der Waals surface area contributed by atoms with E-state index in [9.17, 15) is 16.8 Å². The van der Waals surface area contributed by atoms with E-state index in [1.165, 1.54) is 6.08 Å². The lowest BCUT2D eigenvalue weighted by molar-refractivity contribution is -0.283. The van der Waals surface area contributed by atoms with Gasteiger partial charge in [0.05, 0.1) is 19.3 Å². The third-order valence-electron chi connectivity index (χ3n) is 3.02. The summed E-state index contributed by atoms with van der Waals surface area (Å²) < 4.78 is 86.8. The van der Waals surface area contributed by atoms with Crippen molar-refractivity contribution in [2.75, 3.05) is 20.3 Å². The molecule has 1 fully saturated rings. The number of hydrogen-bond donors (Lipinski definition) is 2. The largest absolute Gasteiger partial charge is 0.397 e. The monoisotopic (exact) mass is 419 g/mol. The molecular formula is C10H17N3O11S2. The topological polar surface area (TPSA) is 204 Å². The highest BCUT2D eigenvalue weighted by Crippen LogP contribution is 2.30. The average Bonchev–Trinajstić information content (AvgIpc) is 2.50. The summed E-state index contributed by atoms with van der Waals surface area (Å²) in [6.45, 7) is 2.67. The number of hydrogen-bond acceptors (Lipinski definition) is 10. The van der Waals surface area contributed by atoms with E-state index in [0.717, 1.165) is 7.11 Å². The van der Waals surface area contributed by atoms with Crippen LogP contribution in [0.5, 0.6) is 0 Å². The first kappa shape index (κ1) is 22.7. The molecule has 0 radical (unpaired) electrons. The molecule has 26 heavy (non-hydrogen) atoms. The van der Waals surface area contributed by atoms with E-state index >= 15 is 0 Å². The predicted octanol–water partition coefficient (Wildman–Crippen LogP) is -0.385. The molecule has 1 aliphatic rings. The van der Waals surface area contributed by atoms with Crippen LogP contribution in [-0.4, -0.2) is 76.9 Å². The molecule has 150 valence electrons. The first-order valence-corrected chi connectivity index (χ1v) is 9.48. The summed E-state index contributed by atoms with van der Waals surface area (Å²) in [6.07, 6.45) is -6.60. The van der Waals surface area contributed by atoms with Gasteiger partial charge in [0, 0.05) is 12.0 Å².